The van der Waals surface area contributed by atoms with E-state index in [9.17, 15) is 4.39 Å². The van der Waals surface area contributed by atoms with Crippen LogP contribution in [0.3, 0.4) is 0 Å². The number of hydrogen-bond donors (Lipinski definition) is 0. The van der Waals surface area contributed by atoms with Crippen LogP contribution in [-0.4, -0.2) is 5.60 Å². The van der Waals surface area contributed by atoms with E-state index in [0.29, 0.717) is 5.02 Å². The Morgan fingerprint density at radius 3 is 2.50 bits per heavy atom. The first-order valence-electron chi connectivity index (χ1n) is 6.35. The molecule has 0 unspecified atom stereocenters. The van der Waals surface area contributed by atoms with Gasteiger partial charge >= 0.3 is 0 Å². The Morgan fingerprint density at radius 2 is 1.80 bits per heavy atom. The summed E-state index contributed by atoms with van der Waals surface area (Å²) in [4.78, 5) is 0. The number of rotatable bonds is 1. The summed E-state index contributed by atoms with van der Waals surface area (Å²) in [5.74, 6) is 0.470. The monoisotopic (exact) mass is 287 g/mol. The van der Waals surface area contributed by atoms with E-state index in [-0.39, 0.29) is 5.82 Å². The van der Waals surface area contributed by atoms with Crippen molar-refractivity contribution < 1.29 is 9.13 Å². The van der Waals surface area contributed by atoms with E-state index < -0.39 is 5.60 Å². The Hall–Kier alpha value is -1.80. The summed E-state index contributed by atoms with van der Waals surface area (Å²) in [7, 11) is 0. The van der Waals surface area contributed by atoms with Gasteiger partial charge in [-0.05, 0) is 49.7 Å². The molecule has 0 bridgehead atoms. The molecule has 0 saturated carbocycles. The molecule has 0 N–H and O–H groups in total. The molecule has 20 heavy (non-hydrogen) atoms. The number of halogens is 2. The van der Waals surface area contributed by atoms with E-state index in [0.717, 1.165) is 22.4 Å². The van der Waals surface area contributed by atoms with E-state index in [1.807, 2.05) is 26.0 Å². The molecule has 0 saturated heterocycles. The van der Waals surface area contributed by atoms with Crippen molar-refractivity contribution in [1.82, 2.24) is 0 Å². The average Bonchev–Trinajstić information content (AvgIpc) is 2.37. The Balaban J connectivity index is 2.18. The Labute approximate surface area is 122 Å². The van der Waals surface area contributed by atoms with Crippen LogP contribution in [-0.2, 0) is 0 Å². The average molecular weight is 288 g/mol. The third-order valence-corrected chi connectivity index (χ3v) is 3.37. The van der Waals surface area contributed by atoms with E-state index in [4.69, 9.17) is 16.3 Å². The molecular formula is C17H13ClFO. The highest BCUT2D eigenvalue weighted by atomic mass is 35.5. The van der Waals surface area contributed by atoms with Gasteiger partial charge in [-0.3, -0.25) is 0 Å². The summed E-state index contributed by atoms with van der Waals surface area (Å²) in [5.41, 5.74) is 2.18. The minimum absolute atomic E-state index is 0.253. The molecule has 101 valence electrons. The van der Waals surface area contributed by atoms with Gasteiger partial charge in [-0.25, -0.2) is 4.39 Å². The lowest BCUT2D eigenvalue weighted by Crippen LogP contribution is -2.29. The highest BCUT2D eigenvalue weighted by Gasteiger charge is 2.28. The lowest BCUT2D eigenvalue weighted by molar-refractivity contribution is 0.150. The molecular weight excluding hydrogens is 275 g/mol. The SMILES string of the molecule is CC1(C)[C]=C(c2ccc(F)cc2)c2ccc(Cl)cc2O1. The highest BCUT2D eigenvalue weighted by molar-refractivity contribution is 6.30. The molecule has 1 aliphatic heterocycles. The lowest BCUT2D eigenvalue weighted by atomic mass is 9.90. The van der Waals surface area contributed by atoms with Gasteiger partial charge in [-0.1, -0.05) is 23.7 Å². The maximum absolute atomic E-state index is 13.1. The van der Waals surface area contributed by atoms with Gasteiger partial charge < -0.3 is 4.74 Å². The number of ether oxygens (including phenoxy) is 1. The van der Waals surface area contributed by atoms with Crippen molar-refractivity contribution in [3.8, 4) is 5.75 Å². The predicted molar refractivity (Wildman–Crippen MR) is 78.3 cm³/mol. The molecule has 3 heteroatoms. The molecule has 3 rings (SSSR count). The van der Waals surface area contributed by atoms with Crippen molar-refractivity contribution >= 4 is 17.2 Å². The zero-order valence-electron chi connectivity index (χ0n) is 11.2. The maximum Gasteiger partial charge on any atom is 0.129 e. The molecule has 2 aromatic rings. The maximum atomic E-state index is 13.1. The molecule has 0 atom stereocenters. The van der Waals surface area contributed by atoms with Crippen molar-refractivity contribution in [1.29, 1.82) is 0 Å². The number of fused-ring (bicyclic) bond motifs is 1. The Kier molecular flexibility index (Phi) is 3.06. The van der Waals surface area contributed by atoms with Crippen LogP contribution in [0, 0.1) is 11.9 Å². The van der Waals surface area contributed by atoms with Gasteiger partial charge in [0.1, 0.15) is 17.2 Å². The van der Waals surface area contributed by atoms with Crippen LogP contribution in [0.1, 0.15) is 25.0 Å². The second-order valence-electron chi connectivity index (χ2n) is 5.26. The molecule has 0 amide bonds. The van der Waals surface area contributed by atoms with Gasteiger partial charge in [-0.2, -0.15) is 0 Å². The van der Waals surface area contributed by atoms with E-state index >= 15 is 0 Å². The topological polar surface area (TPSA) is 9.23 Å². The van der Waals surface area contributed by atoms with E-state index in [1.54, 1.807) is 18.2 Å². The van der Waals surface area contributed by atoms with Gasteiger partial charge in [0.05, 0.1) is 0 Å². The normalized spacial score (nSPS) is 16.1. The third kappa shape index (κ3) is 2.44. The largest absolute Gasteiger partial charge is 0.482 e. The fourth-order valence-corrected chi connectivity index (χ4v) is 2.46. The fraction of sp³-hybridized carbons (Fsp3) is 0.176. The smallest absolute Gasteiger partial charge is 0.129 e. The van der Waals surface area contributed by atoms with Crippen molar-refractivity contribution in [2.45, 2.75) is 19.4 Å². The zero-order valence-corrected chi connectivity index (χ0v) is 12.0. The first-order chi connectivity index (χ1) is 9.44. The molecule has 1 radical (unpaired) electrons. The Bertz CT molecular complexity index is 687. The van der Waals surface area contributed by atoms with E-state index in [1.165, 1.54) is 12.1 Å². The quantitative estimate of drug-likeness (QED) is 0.726. The molecule has 1 nitrogen and oxygen atoms in total. The van der Waals surface area contributed by atoms with Crippen LogP contribution in [0.4, 0.5) is 4.39 Å². The molecule has 0 aliphatic carbocycles. The van der Waals surface area contributed by atoms with Crippen molar-refractivity contribution in [2.75, 3.05) is 0 Å². The summed E-state index contributed by atoms with van der Waals surface area (Å²) in [6, 6.07) is 11.9. The molecule has 0 fully saturated rings. The number of benzene rings is 2. The molecule has 2 aromatic carbocycles. The standard InChI is InChI=1S/C17H13ClFO/c1-17(2)10-15(11-3-6-13(19)7-4-11)14-8-5-12(18)9-16(14)20-17/h3-9H,1-2H3. The van der Waals surface area contributed by atoms with Crippen molar-refractivity contribution in [3.05, 3.63) is 70.5 Å². The van der Waals surface area contributed by atoms with Gasteiger partial charge in [0.25, 0.3) is 0 Å². The van der Waals surface area contributed by atoms with Crippen molar-refractivity contribution in [3.63, 3.8) is 0 Å². The van der Waals surface area contributed by atoms with Gasteiger partial charge in [0.2, 0.25) is 0 Å². The molecule has 1 heterocycles. The van der Waals surface area contributed by atoms with Crippen molar-refractivity contribution in [2.24, 2.45) is 0 Å². The van der Waals surface area contributed by atoms with Crippen LogP contribution in [0.5, 0.6) is 5.75 Å². The second kappa shape index (κ2) is 4.64. The highest BCUT2D eigenvalue weighted by Crippen LogP contribution is 2.40. The summed E-state index contributed by atoms with van der Waals surface area (Å²) >= 11 is 6.03. The first kappa shape index (κ1) is 13.2. The first-order valence-corrected chi connectivity index (χ1v) is 6.72. The van der Waals surface area contributed by atoms with Gasteiger partial charge in [-0.15, -0.1) is 0 Å². The zero-order chi connectivity index (χ0) is 14.3. The van der Waals surface area contributed by atoms with Crippen LogP contribution < -0.4 is 4.74 Å². The van der Waals surface area contributed by atoms with Gasteiger partial charge in [0, 0.05) is 22.2 Å². The lowest BCUT2D eigenvalue weighted by Gasteiger charge is -2.30. The summed E-state index contributed by atoms with van der Waals surface area (Å²) in [6.07, 6.45) is 3.33. The van der Waals surface area contributed by atoms with Gasteiger partial charge in [0.15, 0.2) is 0 Å². The van der Waals surface area contributed by atoms with E-state index in [2.05, 4.69) is 6.08 Å². The summed E-state index contributed by atoms with van der Waals surface area (Å²) in [5, 5.41) is 0.625. The molecule has 0 spiro atoms. The predicted octanol–water partition coefficient (Wildman–Crippen LogP) is 4.88. The third-order valence-electron chi connectivity index (χ3n) is 3.14. The summed E-state index contributed by atoms with van der Waals surface area (Å²) < 4.78 is 19.0. The van der Waals surface area contributed by atoms with Crippen LogP contribution in [0.2, 0.25) is 5.02 Å². The molecule has 0 aromatic heterocycles. The Morgan fingerprint density at radius 1 is 1.10 bits per heavy atom. The minimum atomic E-state index is -0.554. The van der Waals surface area contributed by atoms with Crippen LogP contribution >= 0.6 is 11.6 Å². The second-order valence-corrected chi connectivity index (χ2v) is 5.70. The van der Waals surface area contributed by atoms with Crippen LogP contribution in [0.15, 0.2) is 42.5 Å². The van der Waals surface area contributed by atoms with Crippen LogP contribution in [0.25, 0.3) is 5.57 Å². The fourth-order valence-electron chi connectivity index (χ4n) is 2.30. The number of hydrogen-bond acceptors (Lipinski definition) is 1. The minimum Gasteiger partial charge on any atom is -0.482 e. The summed E-state index contributed by atoms with van der Waals surface area (Å²) in [6.45, 7) is 3.86. The molecule has 1 aliphatic rings.